The van der Waals surface area contributed by atoms with Crippen molar-refractivity contribution in [2.45, 2.75) is 6.92 Å². The van der Waals surface area contributed by atoms with Crippen molar-refractivity contribution < 1.29 is 9.15 Å². The summed E-state index contributed by atoms with van der Waals surface area (Å²) in [4.78, 5) is 16.3. The highest BCUT2D eigenvalue weighted by molar-refractivity contribution is 7.09. The van der Waals surface area contributed by atoms with Crippen LogP contribution in [-0.4, -0.2) is 12.1 Å². The summed E-state index contributed by atoms with van der Waals surface area (Å²) in [6, 6.07) is 7.19. The molecule has 0 spiro atoms. The van der Waals surface area contributed by atoms with Gasteiger partial charge in [-0.1, -0.05) is 0 Å². The van der Waals surface area contributed by atoms with Crippen molar-refractivity contribution in [1.82, 2.24) is 4.98 Å². The molecule has 0 bridgehead atoms. The molecule has 0 N–H and O–H groups in total. The van der Waals surface area contributed by atoms with Gasteiger partial charge in [0.05, 0.1) is 23.4 Å². The summed E-state index contributed by atoms with van der Waals surface area (Å²) in [6.45, 7) is 1.90. The van der Waals surface area contributed by atoms with E-state index in [-0.39, 0.29) is 5.63 Å². The molecule has 2 aromatic heterocycles. The molecule has 2 heterocycles. The molecule has 0 saturated heterocycles. The topological polar surface area (TPSA) is 52.3 Å². The van der Waals surface area contributed by atoms with Gasteiger partial charge in [-0.3, -0.25) is 0 Å². The standard InChI is InChI=1S/C14H11NO3S/c1-8-15-12(7-19-8)11-5-9-3-4-10(17-2)6-13(9)18-14(11)16/h3-7H,1-2H3. The molecule has 0 amide bonds. The molecule has 19 heavy (non-hydrogen) atoms. The summed E-state index contributed by atoms with van der Waals surface area (Å²) in [5.74, 6) is 0.660. The zero-order valence-electron chi connectivity index (χ0n) is 10.5. The summed E-state index contributed by atoms with van der Waals surface area (Å²) < 4.78 is 10.4. The SMILES string of the molecule is COc1ccc2cc(-c3csc(C)n3)c(=O)oc2c1. The minimum Gasteiger partial charge on any atom is -0.497 e. The number of rotatable bonds is 2. The number of methoxy groups -OCH3 is 1. The second kappa shape index (κ2) is 4.51. The summed E-state index contributed by atoms with van der Waals surface area (Å²) in [6.07, 6.45) is 0. The van der Waals surface area contributed by atoms with E-state index < -0.39 is 0 Å². The number of hydrogen-bond acceptors (Lipinski definition) is 5. The summed E-state index contributed by atoms with van der Waals surface area (Å²) in [7, 11) is 1.58. The Bertz CT molecular complexity index is 804. The van der Waals surface area contributed by atoms with E-state index in [4.69, 9.17) is 9.15 Å². The smallest absolute Gasteiger partial charge is 0.345 e. The van der Waals surface area contributed by atoms with Crippen LogP contribution in [0, 0.1) is 6.92 Å². The van der Waals surface area contributed by atoms with Crippen LogP contribution < -0.4 is 10.4 Å². The molecular weight excluding hydrogens is 262 g/mol. The molecule has 0 saturated carbocycles. The first-order chi connectivity index (χ1) is 9.17. The lowest BCUT2D eigenvalue weighted by molar-refractivity contribution is 0.414. The normalized spacial score (nSPS) is 10.8. The maximum atomic E-state index is 12.0. The minimum atomic E-state index is -0.383. The van der Waals surface area contributed by atoms with Crippen molar-refractivity contribution in [3.05, 3.63) is 45.1 Å². The van der Waals surface area contributed by atoms with E-state index in [0.717, 1.165) is 10.4 Å². The molecule has 0 aliphatic rings. The van der Waals surface area contributed by atoms with E-state index >= 15 is 0 Å². The predicted octanol–water partition coefficient (Wildman–Crippen LogP) is 3.23. The first-order valence-electron chi connectivity index (χ1n) is 5.72. The Morgan fingerprint density at radius 3 is 2.84 bits per heavy atom. The van der Waals surface area contributed by atoms with Gasteiger partial charge in [0.2, 0.25) is 0 Å². The molecule has 0 atom stereocenters. The van der Waals surface area contributed by atoms with Crippen LogP contribution in [-0.2, 0) is 0 Å². The first kappa shape index (κ1) is 11.9. The molecule has 1 aromatic carbocycles. The molecule has 3 rings (SSSR count). The molecule has 3 aromatic rings. The number of nitrogens with zero attached hydrogens (tertiary/aromatic N) is 1. The Balaban J connectivity index is 2.22. The van der Waals surface area contributed by atoms with Gasteiger partial charge < -0.3 is 9.15 Å². The van der Waals surface area contributed by atoms with Gasteiger partial charge in [0, 0.05) is 16.8 Å². The molecule has 5 heteroatoms. The van der Waals surface area contributed by atoms with Crippen molar-refractivity contribution in [3.8, 4) is 17.0 Å². The predicted molar refractivity (Wildman–Crippen MR) is 74.9 cm³/mol. The Kier molecular flexibility index (Phi) is 2.83. The molecule has 0 radical (unpaired) electrons. The lowest BCUT2D eigenvalue weighted by Gasteiger charge is -2.02. The fourth-order valence-electron chi connectivity index (χ4n) is 1.88. The van der Waals surface area contributed by atoms with Crippen LogP contribution in [0.25, 0.3) is 22.2 Å². The van der Waals surface area contributed by atoms with Gasteiger partial charge in [0.15, 0.2) is 0 Å². The molecule has 0 fully saturated rings. The maximum absolute atomic E-state index is 12.0. The first-order valence-corrected chi connectivity index (χ1v) is 6.60. The number of benzene rings is 1. The molecule has 0 aliphatic carbocycles. The monoisotopic (exact) mass is 273 g/mol. The van der Waals surface area contributed by atoms with E-state index in [2.05, 4.69) is 4.98 Å². The van der Waals surface area contributed by atoms with Gasteiger partial charge in [-0.25, -0.2) is 9.78 Å². The summed E-state index contributed by atoms with van der Waals surface area (Å²) in [5.41, 5.74) is 1.28. The van der Waals surface area contributed by atoms with E-state index in [0.29, 0.717) is 22.6 Å². The number of aryl methyl sites for hydroxylation is 1. The molecule has 4 nitrogen and oxygen atoms in total. The molecule has 0 aliphatic heterocycles. The third kappa shape index (κ3) is 2.13. The average Bonchev–Trinajstić information content (AvgIpc) is 2.83. The maximum Gasteiger partial charge on any atom is 0.345 e. The largest absolute Gasteiger partial charge is 0.497 e. The van der Waals surface area contributed by atoms with Crippen LogP contribution in [0.5, 0.6) is 5.75 Å². The van der Waals surface area contributed by atoms with E-state index in [1.165, 1.54) is 11.3 Å². The van der Waals surface area contributed by atoms with Crippen LogP contribution in [0.4, 0.5) is 0 Å². The third-order valence-electron chi connectivity index (χ3n) is 2.84. The van der Waals surface area contributed by atoms with Crippen molar-refractivity contribution in [2.24, 2.45) is 0 Å². The fourth-order valence-corrected chi connectivity index (χ4v) is 2.50. The second-order valence-corrected chi connectivity index (χ2v) is 5.17. The summed E-state index contributed by atoms with van der Waals surface area (Å²) in [5, 5.41) is 3.63. The highest BCUT2D eigenvalue weighted by atomic mass is 32.1. The van der Waals surface area contributed by atoms with Gasteiger partial charge in [-0.05, 0) is 25.1 Å². The van der Waals surface area contributed by atoms with Crippen molar-refractivity contribution in [2.75, 3.05) is 7.11 Å². The second-order valence-electron chi connectivity index (χ2n) is 4.10. The van der Waals surface area contributed by atoms with Gasteiger partial charge in [-0.15, -0.1) is 11.3 Å². The number of ether oxygens (including phenoxy) is 1. The molecule has 96 valence electrons. The van der Waals surface area contributed by atoms with Gasteiger partial charge in [0.1, 0.15) is 11.3 Å². The molecule has 0 unspecified atom stereocenters. The number of aromatic nitrogens is 1. The number of thiazole rings is 1. The number of hydrogen-bond donors (Lipinski definition) is 0. The zero-order valence-corrected chi connectivity index (χ0v) is 11.3. The summed E-state index contributed by atoms with van der Waals surface area (Å²) >= 11 is 1.51. The fraction of sp³-hybridized carbons (Fsp3) is 0.143. The van der Waals surface area contributed by atoms with Crippen LogP contribution in [0.3, 0.4) is 0 Å². The Labute approximate surface area is 113 Å². The van der Waals surface area contributed by atoms with E-state index in [9.17, 15) is 4.79 Å². The Morgan fingerprint density at radius 2 is 2.16 bits per heavy atom. The number of fused-ring (bicyclic) bond motifs is 1. The highest BCUT2D eigenvalue weighted by Crippen LogP contribution is 2.24. The van der Waals surface area contributed by atoms with Gasteiger partial charge >= 0.3 is 5.63 Å². The van der Waals surface area contributed by atoms with E-state index in [1.807, 2.05) is 24.4 Å². The Morgan fingerprint density at radius 1 is 1.32 bits per heavy atom. The third-order valence-corrected chi connectivity index (χ3v) is 3.61. The quantitative estimate of drug-likeness (QED) is 0.673. The highest BCUT2D eigenvalue weighted by Gasteiger charge is 2.10. The minimum absolute atomic E-state index is 0.383. The van der Waals surface area contributed by atoms with Crippen molar-refractivity contribution in [3.63, 3.8) is 0 Å². The van der Waals surface area contributed by atoms with Crippen LogP contribution in [0.15, 0.2) is 38.9 Å². The van der Waals surface area contributed by atoms with Gasteiger partial charge in [-0.2, -0.15) is 0 Å². The lowest BCUT2D eigenvalue weighted by atomic mass is 10.1. The van der Waals surface area contributed by atoms with Crippen LogP contribution in [0.2, 0.25) is 0 Å². The zero-order chi connectivity index (χ0) is 13.4. The van der Waals surface area contributed by atoms with Crippen molar-refractivity contribution in [1.29, 1.82) is 0 Å². The van der Waals surface area contributed by atoms with E-state index in [1.54, 1.807) is 19.2 Å². The van der Waals surface area contributed by atoms with Gasteiger partial charge in [0.25, 0.3) is 0 Å². The average molecular weight is 273 g/mol. The Hall–Kier alpha value is -2.14. The van der Waals surface area contributed by atoms with Crippen LogP contribution >= 0.6 is 11.3 Å². The van der Waals surface area contributed by atoms with Crippen molar-refractivity contribution >= 4 is 22.3 Å². The lowest BCUT2D eigenvalue weighted by Crippen LogP contribution is -2.02. The van der Waals surface area contributed by atoms with Crippen LogP contribution in [0.1, 0.15) is 5.01 Å². The molecular formula is C14H11NO3S.